The minimum Gasteiger partial charge on any atom is -0.317 e. The summed E-state index contributed by atoms with van der Waals surface area (Å²) in [4.78, 5) is 11.1. The third-order valence-corrected chi connectivity index (χ3v) is 11.7. The second-order valence-electron chi connectivity index (χ2n) is 15.8. The lowest BCUT2D eigenvalue weighted by molar-refractivity contribution is 0.220. The molecule has 6 aromatic heterocycles. The summed E-state index contributed by atoms with van der Waals surface area (Å²) < 4.78 is 48.1. The first-order valence-electron chi connectivity index (χ1n) is 20.1. The Bertz CT molecular complexity index is 2830. The van der Waals surface area contributed by atoms with Crippen molar-refractivity contribution in [2.45, 2.75) is 65.2 Å². The largest absolute Gasteiger partial charge is 0.317 e. The van der Waals surface area contributed by atoms with Crippen molar-refractivity contribution in [3.05, 3.63) is 119 Å². The Balaban J connectivity index is 0.000000176. The van der Waals surface area contributed by atoms with Crippen LogP contribution in [0.2, 0.25) is 0 Å². The first kappa shape index (κ1) is 42.9. The van der Waals surface area contributed by atoms with Gasteiger partial charge in [0, 0.05) is 53.0 Å². The maximum atomic E-state index is 15.0. The summed E-state index contributed by atoms with van der Waals surface area (Å²) in [6, 6.07) is 13.9. The summed E-state index contributed by atoms with van der Waals surface area (Å²) in [6.45, 7) is 13.0. The highest BCUT2D eigenvalue weighted by Crippen LogP contribution is 2.33. The Hall–Kier alpha value is -5.21. The quantitative estimate of drug-likeness (QED) is 0.183. The SMILES string of the molecule is CCN1CCC(c2cc3c(F)cc(-c4cc(F)c5nc(C)cn5c4)cc3nn2)CC1.Cc1cn2cc(-c3cc(F)c4cc(C5CCNCC5)nnc4c3)cc(C)c2n1.Cl.Cl. The lowest BCUT2D eigenvalue weighted by Gasteiger charge is -2.30. The highest BCUT2D eigenvalue weighted by Gasteiger charge is 2.23. The van der Waals surface area contributed by atoms with Gasteiger partial charge in [-0.05, 0) is 150 Å². The monoisotopic (exact) mass is 854 g/mol. The number of hydrogen-bond donors (Lipinski definition) is 1. The van der Waals surface area contributed by atoms with Crippen LogP contribution in [0, 0.1) is 38.2 Å². The van der Waals surface area contributed by atoms with Crippen molar-refractivity contribution in [3.8, 4) is 22.3 Å². The summed E-state index contributed by atoms with van der Waals surface area (Å²) in [5, 5.41) is 21.9. The summed E-state index contributed by atoms with van der Waals surface area (Å²) >= 11 is 0. The molecule has 10 nitrogen and oxygen atoms in total. The first-order valence-corrected chi connectivity index (χ1v) is 20.1. The molecule has 8 heterocycles. The summed E-state index contributed by atoms with van der Waals surface area (Å²) in [5.41, 5.74) is 9.59. The molecule has 0 aliphatic carbocycles. The van der Waals surface area contributed by atoms with Gasteiger partial charge < -0.3 is 19.0 Å². The van der Waals surface area contributed by atoms with Crippen LogP contribution in [0.1, 0.15) is 72.8 Å². The van der Waals surface area contributed by atoms with Gasteiger partial charge >= 0.3 is 0 Å². The van der Waals surface area contributed by atoms with E-state index in [4.69, 9.17) is 0 Å². The number of pyridine rings is 2. The maximum absolute atomic E-state index is 15.0. The maximum Gasteiger partial charge on any atom is 0.173 e. The number of benzene rings is 2. The zero-order valence-corrected chi connectivity index (χ0v) is 35.6. The highest BCUT2D eigenvalue weighted by atomic mass is 35.5. The molecule has 0 saturated carbocycles. The van der Waals surface area contributed by atoms with Crippen molar-refractivity contribution in [1.29, 1.82) is 0 Å². The Morgan fingerprint density at radius 1 is 0.567 bits per heavy atom. The van der Waals surface area contributed by atoms with Crippen LogP contribution in [0.25, 0.3) is 55.4 Å². The number of halogens is 5. The third-order valence-electron chi connectivity index (χ3n) is 11.7. The predicted molar refractivity (Wildman–Crippen MR) is 235 cm³/mol. The number of imidazole rings is 2. The van der Waals surface area contributed by atoms with E-state index in [1.807, 2.05) is 54.9 Å². The molecule has 60 heavy (non-hydrogen) atoms. The molecular formula is C45H47Cl2F3N10. The molecular weight excluding hydrogens is 808 g/mol. The molecule has 0 atom stereocenters. The minimum absolute atomic E-state index is 0. The fourth-order valence-electron chi connectivity index (χ4n) is 8.52. The van der Waals surface area contributed by atoms with Gasteiger partial charge in [0.2, 0.25) is 0 Å². The van der Waals surface area contributed by atoms with Gasteiger partial charge in [-0.2, -0.15) is 20.4 Å². The molecule has 2 aliphatic heterocycles. The summed E-state index contributed by atoms with van der Waals surface area (Å²) in [6.07, 6.45) is 11.5. The Morgan fingerprint density at radius 3 is 1.60 bits per heavy atom. The van der Waals surface area contributed by atoms with Crippen molar-refractivity contribution >= 4 is 57.9 Å². The molecule has 2 saturated heterocycles. The molecule has 2 aliphatic rings. The standard InChI is InChI=1S/C23H23F2N5.C22H22FN5.2ClH/c1-3-29-6-4-15(5-7-29)21-11-18-19(24)8-16(10-22(18)28-27-21)17-9-20(25)23-26-14(2)12-30(23)13-17;1-13-7-17(12-28-11-14(2)25-22(13)28)16-8-19(23)18-10-20(26-27-21(18)9-16)15-3-5-24-6-4-15;;/h8-13,15H,3-7H2,1-2H3;7-12,15,24H,3-6H2,1-2H3;2*1H. The minimum atomic E-state index is -0.444. The molecule has 10 rings (SSSR count). The summed E-state index contributed by atoms with van der Waals surface area (Å²) in [7, 11) is 0. The van der Waals surface area contributed by atoms with E-state index in [0.29, 0.717) is 44.8 Å². The predicted octanol–water partition coefficient (Wildman–Crippen LogP) is 9.74. The number of piperidine rings is 2. The number of fused-ring (bicyclic) bond motifs is 4. The van der Waals surface area contributed by atoms with Crippen molar-refractivity contribution in [2.24, 2.45) is 0 Å². The van der Waals surface area contributed by atoms with E-state index in [1.54, 1.807) is 35.9 Å². The number of rotatable bonds is 5. The molecule has 15 heteroatoms. The van der Waals surface area contributed by atoms with Gasteiger partial charge in [0.25, 0.3) is 0 Å². The van der Waals surface area contributed by atoms with Gasteiger partial charge in [-0.15, -0.1) is 24.8 Å². The fraction of sp³-hybridized carbons (Fsp3) is 0.333. The highest BCUT2D eigenvalue weighted by molar-refractivity contribution is 5.86. The van der Waals surface area contributed by atoms with Crippen LogP contribution in [0.5, 0.6) is 0 Å². The van der Waals surface area contributed by atoms with E-state index in [0.717, 1.165) is 104 Å². The van der Waals surface area contributed by atoms with E-state index >= 15 is 4.39 Å². The number of hydrogen-bond acceptors (Lipinski definition) is 8. The number of aromatic nitrogens is 8. The molecule has 8 aromatic rings. The van der Waals surface area contributed by atoms with Gasteiger partial charge in [-0.3, -0.25) is 0 Å². The number of aryl methyl sites for hydroxylation is 3. The molecule has 0 amide bonds. The fourth-order valence-corrected chi connectivity index (χ4v) is 8.52. The van der Waals surface area contributed by atoms with Gasteiger partial charge in [0.15, 0.2) is 11.5 Å². The molecule has 0 unspecified atom stereocenters. The zero-order valence-electron chi connectivity index (χ0n) is 33.9. The zero-order chi connectivity index (χ0) is 40.1. The normalized spacial score (nSPS) is 15.2. The van der Waals surface area contributed by atoms with Crippen molar-refractivity contribution in [2.75, 3.05) is 32.7 Å². The van der Waals surface area contributed by atoms with Crippen LogP contribution < -0.4 is 5.32 Å². The van der Waals surface area contributed by atoms with E-state index in [2.05, 4.69) is 47.5 Å². The number of likely N-dealkylation sites (tertiary alicyclic amines) is 1. The van der Waals surface area contributed by atoms with Gasteiger partial charge in [0.1, 0.15) is 17.3 Å². The van der Waals surface area contributed by atoms with Crippen LogP contribution >= 0.6 is 24.8 Å². The van der Waals surface area contributed by atoms with E-state index in [9.17, 15) is 8.78 Å². The molecule has 0 radical (unpaired) electrons. The molecule has 0 bridgehead atoms. The lowest BCUT2D eigenvalue weighted by atomic mass is 9.92. The smallest absolute Gasteiger partial charge is 0.173 e. The second-order valence-corrected chi connectivity index (χ2v) is 15.8. The summed E-state index contributed by atoms with van der Waals surface area (Å²) in [5.74, 6) is -0.401. The van der Waals surface area contributed by atoms with Crippen LogP contribution in [0.4, 0.5) is 13.2 Å². The van der Waals surface area contributed by atoms with Crippen LogP contribution in [-0.2, 0) is 0 Å². The average molecular weight is 856 g/mol. The molecule has 2 fully saturated rings. The number of nitrogens with one attached hydrogen (secondary N) is 1. The van der Waals surface area contributed by atoms with Crippen molar-refractivity contribution in [3.63, 3.8) is 0 Å². The Morgan fingerprint density at radius 2 is 1.05 bits per heavy atom. The second kappa shape index (κ2) is 17.8. The van der Waals surface area contributed by atoms with E-state index < -0.39 is 5.82 Å². The number of nitrogens with zero attached hydrogens (tertiary/aromatic N) is 9. The molecule has 1 N–H and O–H groups in total. The third kappa shape index (κ3) is 8.54. The van der Waals surface area contributed by atoms with Crippen molar-refractivity contribution < 1.29 is 13.2 Å². The molecule has 0 spiro atoms. The van der Waals surface area contributed by atoms with Gasteiger partial charge in [0.05, 0.1) is 33.8 Å². The van der Waals surface area contributed by atoms with Crippen LogP contribution in [0.15, 0.2) is 73.3 Å². The Kier molecular flexibility index (Phi) is 12.7. The van der Waals surface area contributed by atoms with E-state index in [1.165, 1.54) is 12.1 Å². The molecule has 2 aromatic carbocycles. The first-order chi connectivity index (χ1) is 28.1. The Labute approximate surface area is 358 Å². The van der Waals surface area contributed by atoms with Gasteiger partial charge in [-0.1, -0.05) is 6.92 Å². The van der Waals surface area contributed by atoms with E-state index in [-0.39, 0.29) is 42.1 Å². The van der Waals surface area contributed by atoms with Crippen LogP contribution in [0.3, 0.4) is 0 Å². The van der Waals surface area contributed by atoms with Crippen molar-refractivity contribution in [1.82, 2.24) is 49.4 Å². The average Bonchev–Trinajstić information content (AvgIpc) is 3.82. The lowest BCUT2D eigenvalue weighted by Crippen LogP contribution is -2.32. The molecule has 312 valence electrons. The van der Waals surface area contributed by atoms with Crippen LogP contribution in [-0.4, -0.2) is 76.8 Å². The van der Waals surface area contributed by atoms with Gasteiger partial charge in [-0.25, -0.2) is 23.1 Å². The topological polar surface area (TPSA) is 101 Å².